The third-order valence-electron chi connectivity index (χ3n) is 1.76. The van der Waals surface area contributed by atoms with Gasteiger partial charge in [0.15, 0.2) is 6.23 Å². The van der Waals surface area contributed by atoms with Crippen molar-refractivity contribution in [2.24, 2.45) is 11.7 Å². The average molecular weight is 201 g/mol. The summed E-state index contributed by atoms with van der Waals surface area (Å²) in [5.74, 6) is -1.59. The standard InChI is InChI=1S/C9H15NO4/c1-9(2,3)14-8(12)5-4-6(11)13-7(5)10/h5,7H,4,10H2,1-3H3/t5?,7-/m0/s1. The fourth-order valence-electron chi connectivity index (χ4n) is 1.17. The lowest BCUT2D eigenvalue weighted by Crippen LogP contribution is -2.36. The molecule has 0 aromatic rings. The monoisotopic (exact) mass is 201 g/mol. The Bertz CT molecular complexity index is 256. The first kappa shape index (κ1) is 11.0. The van der Waals surface area contributed by atoms with Crippen LogP contribution in [0.15, 0.2) is 0 Å². The highest BCUT2D eigenvalue weighted by molar-refractivity contribution is 5.83. The Labute approximate surface area is 82.5 Å². The van der Waals surface area contributed by atoms with Crippen molar-refractivity contribution in [1.82, 2.24) is 0 Å². The van der Waals surface area contributed by atoms with Crippen molar-refractivity contribution in [2.75, 3.05) is 0 Å². The lowest BCUT2D eigenvalue weighted by molar-refractivity contribution is -0.161. The van der Waals surface area contributed by atoms with E-state index in [1.807, 2.05) is 0 Å². The minimum absolute atomic E-state index is 0.01000. The summed E-state index contributed by atoms with van der Waals surface area (Å²) in [5.41, 5.74) is 4.88. The van der Waals surface area contributed by atoms with Crippen LogP contribution in [0.3, 0.4) is 0 Å². The van der Waals surface area contributed by atoms with E-state index >= 15 is 0 Å². The summed E-state index contributed by atoms with van der Waals surface area (Å²) in [6.07, 6.45) is -0.854. The molecule has 0 saturated carbocycles. The van der Waals surface area contributed by atoms with Gasteiger partial charge in [0.2, 0.25) is 0 Å². The highest BCUT2D eigenvalue weighted by Crippen LogP contribution is 2.22. The van der Waals surface area contributed by atoms with E-state index in [-0.39, 0.29) is 6.42 Å². The smallest absolute Gasteiger partial charge is 0.315 e. The topological polar surface area (TPSA) is 78.6 Å². The van der Waals surface area contributed by atoms with Gasteiger partial charge >= 0.3 is 11.9 Å². The Morgan fingerprint density at radius 1 is 1.57 bits per heavy atom. The summed E-state index contributed by atoms with van der Waals surface area (Å²) in [6, 6.07) is 0. The normalized spacial score (nSPS) is 27.3. The van der Waals surface area contributed by atoms with E-state index in [9.17, 15) is 9.59 Å². The summed E-state index contributed by atoms with van der Waals surface area (Å²) < 4.78 is 9.74. The quantitative estimate of drug-likeness (QED) is 0.612. The number of ether oxygens (including phenoxy) is 2. The molecule has 0 spiro atoms. The van der Waals surface area contributed by atoms with Gasteiger partial charge in [-0.05, 0) is 20.8 Å². The van der Waals surface area contributed by atoms with Crippen molar-refractivity contribution < 1.29 is 19.1 Å². The summed E-state index contributed by atoms with van der Waals surface area (Å²) in [5, 5.41) is 0. The first-order valence-electron chi connectivity index (χ1n) is 4.47. The molecule has 1 saturated heterocycles. The second-order valence-corrected chi connectivity index (χ2v) is 4.30. The lowest BCUT2D eigenvalue weighted by atomic mass is 10.1. The molecule has 0 radical (unpaired) electrons. The van der Waals surface area contributed by atoms with Crippen molar-refractivity contribution in [1.29, 1.82) is 0 Å². The van der Waals surface area contributed by atoms with Crippen molar-refractivity contribution >= 4 is 11.9 Å². The molecular weight excluding hydrogens is 186 g/mol. The maximum Gasteiger partial charge on any atom is 0.315 e. The van der Waals surface area contributed by atoms with Gasteiger partial charge in [-0.1, -0.05) is 0 Å². The van der Waals surface area contributed by atoms with Gasteiger partial charge < -0.3 is 9.47 Å². The maximum atomic E-state index is 11.5. The molecule has 1 aliphatic rings. The summed E-state index contributed by atoms with van der Waals surface area (Å²) in [4.78, 5) is 22.3. The highest BCUT2D eigenvalue weighted by Gasteiger charge is 2.39. The minimum Gasteiger partial charge on any atom is -0.460 e. The fourth-order valence-corrected chi connectivity index (χ4v) is 1.17. The van der Waals surface area contributed by atoms with Crippen molar-refractivity contribution in [3.8, 4) is 0 Å². The van der Waals surface area contributed by atoms with Crippen LogP contribution in [-0.2, 0) is 19.1 Å². The van der Waals surface area contributed by atoms with Gasteiger partial charge in [0, 0.05) is 0 Å². The van der Waals surface area contributed by atoms with Crippen LogP contribution in [0.1, 0.15) is 27.2 Å². The van der Waals surface area contributed by atoms with Crippen LogP contribution in [-0.4, -0.2) is 23.8 Å². The van der Waals surface area contributed by atoms with E-state index in [0.717, 1.165) is 0 Å². The van der Waals surface area contributed by atoms with E-state index in [1.165, 1.54) is 0 Å². The molecule has 0 aromatic heterocycles. The van der Waals surface area contributed by atoms with Gasteiger partial charge in [-0.3, -0.25) is 15.3 Å². The Kier molecular flexibility index (Phi) is 2.80. The van der Waals surface area contributed by atoms with Crippen LogP contribution in [0.5, 0.6) is 0 Å². The number of cyclic esters (lactones) is 1. The predicted octanol–water partition coefficient (Wildman–Crippen LogP) is 0.176. The number of nitrogens with two attached hydrogens (primary N) is 1. The van der Waals surface area contributed by atoms with Gasteiger partial charge in [-0.15, -0.1) is 0 Å². The number of carbonyl (C=O) groups is 2. The molecule has 5 nitrogen and oxygen atoms in total. The van der Waals surface area contributed by atoms with Crippen LogP contribution in [0.2, 0.25) is 0 Å². The summed E-state index contributed by atoms with van der Waals surface area (Å²) >= 11 is 0. The molecular formula is C9H15NO4. The van der Waals surface area contributed by atoms with Gasteiger partial charge in [0.25, 0.3) is 0 Å². The van der Waals surface area contributed by atoms with Crippen molar-refractivity contribution in [2.45, 2.75) is 39.0 Å². The average Bonchev–Trinajstić information content (AvgIpc) is 2.26. The van der Waals surface area contributed by atoms with E-state index in [2.05, 4.69) is 4.74 Å². The molecule has 0 aliphatic carbocycles. The number of rotatable bonds is 1. The molecule has 5 heteroatoms. The maximum absolute atomic E-state index is 11.5. The zero-order valence-electron chi connectivity index (χ0n) is 8.57. The molecule has 1 fully saturated rings. The number of esters is 2. The highest BCUT2D eigenvalue weighted by atomic mass is 16.6. The third-order valence-corrected chi connectivity index (χ3v) is 1.76. The Balaban J connectivity index is 2.58. The number of hydrogen-bond donors (Lipinski definition) is 1. The molecule has 1 heterocycles. The zero-order valence-corrected chi connectivity index (χ0v) is 8.57. The van der Waals surface area contributed by atoms with E-state index in [0.29, 0.717) is 0 Å². The van der Waals surface area contributed by atoms with E-state index in [1.54, 1.807) is 20.8 Å². The molecule has 1 aliphatic heterocycles. The minimum atomic E-state index is -0.864. The Morgan fingerprint density at radius 3 is 2.50 bits per heavy atom. The molecule has 0 bridgehead atoms. The summed E-state index contributed by atoms with van der Waals surface area (Å²) in [7, 11) is 0. The lowest BCUT2D eigenvalue weighted by Gasteiger charge is -2.22. The van der Waals surface area contributed by atoms with Crippen LogP contribution in [0.4, 0.5) is 0 Å². The molecule has 0 amide bonds. The molecule has 2 N–H and O–H groups in total. The molecule has 2 atom stereocenters. The molecule has 1 unspecified atom stereocenters. The van der Waals surface area contributed by atoms with E-state index < -0.39 is 29.7 Å². The SMILES string of the molecule is CC(C)(C)OC(=O)C1CC(=O)O[C@@H]1N. The second-order valence-electron chi connectivity index (χ2n) is 4.30. The fraction of sp³-hybridized carbons (Fsp3) is 0.778. The number of carbonyl (C=O) groups excluding carboxylic acids is 2. The van der Waals surface area contributed by atoms with Crippen LogP contribution >= 0.6 is 0 Å². The van der Waals surface area contributed by atoms with Gasteiger partial charge in [0.1, 0.15) is 11.5 Å². The summed E-state index contributed by atoms with van der Waals surface area (Å²) in [6.45, 7) is 5.27. The second kappa shape index (κ2) is 3.57. The van der Waals surface area contributed by atoms with Crippen LogP contribution < -0.4 is 5.73 Å². The van der Waals surface area contributed by atoms with E-state index in [4.69, 9.17) is 10.5 Å². The molecule has 1 rings (SSSR count). The van der Waals surface area contributed by atoms with Gasteiger partial charge in [0.05, 0.1) is 6.42 Å². The Hall–Kier alpha value is -1.10. The molecule has 14 heavy (non-hydrogen) atoms. The molecule has 0 aromatic carbocycles. The van der Waals surface area contributed by atoms with Crippen molar-refractivity contribution in [3.63, 3.8) is 0 Å². The van der Waals surface area contributed by atoms with Crippen molar-refractivity contribution in [3.05, 3.63) is 0 Å². The largest absolute Gasteiger partial charge is 0.460 e. The van der Waals surface area contributed by atoms with Crippen LogP contribution in [0.25, 0.3) is 0 Å². The Morgan fingerprint density at radius 2 is 2.14 bits per heavy atom. The molecule has 80 valence electrons. The first-order valence-corrected chi connectivity index (χ1v) is 4.47. The van der Waals surface area contributed by atoms with Crippen LogP contribution in [0, 0.1) is 5.92 Å². The van der Waals surface area contributed by atoms with Gasteiger partial charge in [-0.2, -0.15) is 0 Å². The predicted molar refractivity (Wildman–Crippen MR) is 48.0 cm³/mol. The van der Waals surface area contributed by atoms with Gasteiger partial charge in [-0.25, -0.2) is 0 Å². The third kappa shape index (κ3) is 2.70. The number of hydrogen-bond acceptors (Lipinski definition) is 5. The first-order chi connectivity index (χ1) is 6.29. The zero-order chi connectivity index (χ0) is 10.9.